The summed E-state index contributed by atoms with van der Waals surface area (Å²) in [5.41, 5.74) is 1.32. The zero-order chi connectivity index (χ0) is 25.4. The maximum atomic E-state index is 13.1. The quantitative estimate of drug-likeness (QED) is 0.389. The van der Waals surface area contributed by atoms with Gasteiger partial charge in [-0.1, -0.05) is 48.5 Å². The lowest BCUT2D eigenvalue weighted by atomic mass is 9.31. The molecule has 194 valence electrons. The van der Waals surface area contributed by atoms with Gasteiger partial charge in [-0.2, -0.15) is 0 Å². The van der Waals surface area contributed by atoms with Crippen LogP contribution in [0.1, 0.15) is 126 Å². The highest BCUT2D eigenvalue weighted by Gasteiger charge is 2.70. The second-order valence-electron chi connectivity index (χ2n) is 15.1. The number of hydrogen-bond acceptors (Lipinski definition) is 3. The van der Waals surface area contributed by atoms with E-state index in [4.69, 9.17) is 4.74 Å². The van der Waals surface area contributed by atoms with E-state index in [1.807, 2.05) is 0 Å². The van der Waals surface area contributed by atoms with Crippen LogP contribution in [-0.4, -0.2) is 18.9 Å². The summed E-state index contributed by atoms with van der Waals surface area (Å²) in [7, 11) is 1.48. The van der Waals surface area contributed by atoms with E-state index in [9.17, 15) is 9.59 Å². The summed E-state index contributed by atoms with van der Waals surface area (Å²) in [6.45, 7) is 19.4. The number of Topliss-reactive ketones (excluding diaryl/α,β-unsaturated/α-hetero) is 1. The van der Waals surface area contributed by atoms with Crippen molar-refractivity contribution in [2.24, 2.45) is 50.2 Å². The predicted octanol–water partition coefficient (Wildman–Crippen LogP) is 8.00. The third kappa shape index (κ3) is 3.56. The Labute approximate surface area is 209 Å². The van der Waals surface area contributed by atoms with Crippen LogP contribution in [0, 0.1) is 50.2 Å². The summed E-state index contributed by atoms with van der Waals surface area (Å²) in [5.74, 6) is 1.81. The molecule has 0 saturated heterocycles. The van der Waals surface area contributed by atoms with Crippen molar-refractivity contribution in [3.8, 4) is 0 Å². The molecule has 0 aromatic heterocycles. The van der Waals surface area contributed by atoms with E-state index in [1.165, 1.54) is 52.1 Å². The molecule has 8 atom stereocenters. The van der Waals surface area contributed by atoms with E-state index < -0.39 is 0 Å². The number of fused-ring (bicyclic) bond motifs is 5. The van der Waals surface area contributed by atoms with E-state index in [0.717, 1.165) is 25.2 Å². The second kappa shape index (κ2) is 8.07. The molecule has 0 spiro atoms. The standard InChI is InChI=1S/C31H52O3/c1-21(32)28(5)13-12-23-29(6,22(28)10-11-25(33)34-9)17-19-31(8)24-20-26(2,3)14-15-27(24,4)16-18-30(23,31)7/h22-24H,10-20H2,1-9H3/t22-,23-,24+,27-,28+,29-,30-,31+/m1/s1. The number of methoxy groups -OCH3 is 1. The van der Waals surface area contributed by atoms with Gasteiger partial charge in [0.25, 0.3) is 0 Å². The Kier molecular flexibility index (Phi) is 6.22. The summed E-state index contributed by atoms with van der Waals surface area (Å²) in [6.07, 6.45) is 12.5. The number of carbonyl (C=O) groups is 2. The Hall–Kier alpha value is -0.860. The van der Waals surface area contributed by atoms with E-state index in [0.29, 0.717) is 39.8 Å². The lowest BCUT2D eigenvalue weighted by Crippen LogP contribution is -2.67. The van der Waals surface area contributed by atoms with Gasteiger partial charge in [-0.25, -0.2) is 0 Å². The van der Waals surface area contributed by atoms with Crippen LogP contribution >= 0.6 is 0 Å². The monoisotopic (exact) mass is 472 g/mol. The van der Waals surface area contributed by atoms with Gasteiger partial charge in [0.2, 0.25) is 0 Å². The average Bonchev–Trinajstić information content (AvgIpc) is 2.76. The van der Waals surface area contributed by atoms with Gasteiger partial charge in [-0.15, -0.1) is 0 Å². The Morgan fingerprint density at radius 1 is 0.794 bits per heavy atom. The molecule has 4 rings (SSSR count). The molecule has 0 amide bonds. The highest BCUT2D eigenvalue weighted by Crippen LogP contribution is 2.77. The van der Waals surface area contributed by atoms with Crippen LogP contribution in [0.3, 0.4) is 0 Å². The normalized spacial score (nSPS) is 49.9. The number of ketones is 1. The van der Waals surface area contributed by atoms with Gasteiger partial charge in [-0.05, 0) is 116 Å². The maximum Gasteiger partial charge on any atom is 0.305 e. The molecule has 0 aromatic rings. The summed E-state index contributed by atoms with van der Waals surface area (Å²) in [5, 5.41) is 0. The lowest BCUT2D eigenvalue weighted by molar-refractivity contribution is -0.249. The smallest absolute Gasteiger partial charge is 0.305 e. The van der Waals surface area contributed by atoms with Crippen LogP contribution in [0.15, 0.2) is 0 Å². The van der Waals surface area contributed by atoms with Crippen molar-refractivity contribution >= 4 is 11.8 Å². The first-order valence-corrected chi connectivity index (χ1v) is 14.2. The third-order valence-electron chi connectivity index (χ3n) is 13.2. The molecule has 34 heavy (non-hydrogen) atoms. The fourth-order valence-corrected chi connectivity index (χ4v) is 10.5. The molecular weight excluding hydrogens is 420 g/mol. The highest BCUT2D eigenvalue weighted by molar-refractivity contribution is 5.82. The zero-order valence-corrected chi connectivity index (χ0v) is 23.7. The molecule has 0 aliphatic heterocycles. The minimum atomic E-state index is -0.334. The van der Waals surface area contributed by atoms with Crippen LogP contribution in [0.4, 0.5) is 0 Å². The third-order valence-corrected chi connectivity index (χ3v) is 13.2. The topological polar surface area (TPSA) is 43.4 Å². The van der Waals surface area contributed by atoms with E-state index >= 15 is 0 Å². The number of carbonyl (C=O) groups excluding carboxylic acids is 2. The average molecular weight is 473 g/mol. The van der Waals surface area contributed by atoms with Crippen molar-refractivity contribution in [2.75, 3.05) is 7.11 Å². The molecule has 4 aliphatic carbocycles. The molecule has 3 nitrogen and oxygen atoms in total. The second-order valence-corrected chi connectivity index (χ2v) is 15.1. The van der Waals surface area contributed by atoms with Gasteiger partial charge in [-0.3, -0.25) is 9.59 Å². The zero-order valence-electron chi connectivity index (χ0n) is 23.7. The Morgan fingerprint density at radius 3 is 2.00 bits per heavy atom. The first-order valence-electron chi connectivity index (χ1n) is 14.2. The largest absolute Gasteiger partial charge is 0.469 e. The summed E-state index contributed by atoms with van der Waals surface area (Å²) in [4.78, 5) is 25.3. The number of rotatable bonds is 4. The molecule has 0 bridgehead atoms. The summed E-state index contributed by atoms with van der Waals surface area (Å²) >= 11 is 0. The predicted molar refractivity (Wildman–Crippen MR) is 138 cm³/mol. The van der Waals surface area contributed by atoms with Crippen LogP contribution in [-0.2, 0) is 14.3 Å². The van der Waals surface area contributed by atoms with Gasteiger partial charge in [0, 0.05) is 11.8 Å². The molecule has 0 heterocycles. The van der Waals surface area contributed by atoms with Gasteiger partial charge >= 0.3 is 5.97 Å². The first kappa shape index (κ1) is 26.2. The molecule has 0 radical (unpaired) electrons. The Bertz CT molecular complexity index is 846. The number of esters is 1. The van der Waals surface area contributed by atoms with E-state index in [1.54, 1.807) is 6.92 Å². The lowest BCUT2D eigenvalue weighted by Gasteiger charge is -2.74. The first-order chi connectivity index (χ1) is 15.6. The fraction of sp³-hybridized carbons (Fsp3) is 0.935. The van der Waals surface area contributed by atoms with Crippen molar-refractivity contribution in [3.63, 3.8) is 0 Å². The highest BCUT2D eigenvalue weighted by atomic mass is 16.5. The Balaban J connectivity index is 1.74. The number of ether oxygens (including phenoxy) is 1. The molecule has 0 N–H and O–H groups in total. The van der Waals surface area contributed by atoms with Crippen LogP contribution < -0.4 is 0 Å². The molecule has 3 heteroatoms. The van der Waals surface area contributed by atoms with Crippen LogP contribution in [0.25, 0.3) is 0 Å². The van der Waals surface area contributed by atoms with Crippen molar-refractivity contribution in [1.82, 2.24) is 0 Å². The summed E-state index contributed by atoms with van der Waals surface area (Å²) in [6, 6.07) is 0. The molecular formula is C31H52O3. The Morgan fingerprint density at radius 2 is 1.38 bits per heavy atom. The van der Waals surface area contributed by atoms with Crippen molar-refractivity contribution in [1.29, 1.82) is 0 Å². The molecule has 4 saturated carbocycles. The van der Waals surface area contributed by atoms with Gasteiger partial charge in [0.1, 0.15) is 5.78 Å². The van der Waals surface area contributed by atoms with Crippen molar-refractivity contribution in [2.45, 2.75) is 126 Å². The van der Waals surface area contributed by atoms with E-state index in [-0.39, 0.29) is 22.7 Å². The summed E-state index contributed by atoms with van der Waals surface area (Å²) < 4.78 is 5.03. The minimum absolute atomic E-state index is 0.0961. The molecule has 0 unspecified atom stereocenters. The minimum Gasteiger partial charge on any atom is -0.469 e. The maximum absolute atomic E-state index is 13.1. The van der Waals surface area contributed by atoms with Gasteiger partial charge in [0.05, 0.1) is 7.11 Å². The fourth-order valence-electron chi connectivity index (χ4n) is 10.5. The van der Waals surface area contributed by atoms with Crippen LogP contribution in [0.2, 0.25) is 0 Å². The van der Waals surface area contributed by atoms with Crippen molar-refractivity contribution < 1.29 is 14.3 Å². The number of hydrogen-bond donors (Lipinski definition) is 0. The van der Waals surface area contributed by atoms with Crippen LogP contribution in [0.5, 0.6) is 0 Å². The molecule has 4 aliphatic rings. The van der Waals surface area contributed by atoms with E-state index in [2.05, 4.69) is 48.5 Å². The van der Waals surface area contributed by atoms with Crippen molar-refractivity contribution in [3.05, 3.63) is 0 Å². The SMILES string of the molecule is COC(=O)CC[C@H]1[C@@]2(C)CC[C@@]3(C)[C@H]4CC(C)(C)CC[C@]4(C)CC[C@]3(C)[C@@H]2CC[C@@]1(C)C(C)=O. The van der Waals surface area contributed by atoms with Gasteiger partial charge in [0.15, 0.2) is 0 Å². The molecule has 0 aromatic carbocycles. The molecule has 4 fully saturated rings. The van der Waals surface area contributed by atoms with Gasteiger partial charge < -0.3 is 4.74 Å².